The third kappa shape index (κ3) is 2.21. The number of nitrogens with zero attached hydrogens (tertiary/aromatic N) is 2. The molecule has 1 aromatic rings. The van der Waals surface area contributed by atoms with Crippen LogP contribution in [0.2, 0.25) is 0 Å². The molecular formula is C13H17N3O3S. The van der Waals surface area contributed by atoms with E-state index < -0.39 is 15.9 Å². The zero-order valence-electron chi connectivity index (χ0n) is 11.1. The lowest BCUT2D eigenvalue weighted by molar-refractivity contribution is 0.0857. The van der Waals surface area contributed by atoms with Crippen molar-refractivity contribution in [3.8, 4) is 0 Å². The molecule has 2 aliphatic rings. The lowest BCUT2D eigenvalue weighted by Gasteiger charge is -2.28. The van der Waals surface area contributed by atoms with Crippen molar-refractivity contribution >= 4 is 15.9 Å². The van der Waals surface area contributed by atoms with Crippen molar-refractivity contribution in [3.05, 3.63) is 29.8 Å². The second-order valence-electron chi connectivity index (χ2n) is 4.97. The van der Waals surface area contributed by atoms with E-state index in [1.807, 2.05) is 0 Å². The van der Waals surface area contributed by atoms with Gasteiger partial charge in [-0.15, -0.1) is 0 Å². The number of piperazine rings is 1. The molecule has 0 radical (unpaired) electrons. The lowest BCUT2D eigenvalue weighted by atomic mass is 10.2. The fourth-order valence-corrected chi connectivity index (χ4v) is 4.18. The van der Waals surface area contributed by atoms with Gasteiger partial charge in [0.05, 0.1) is 12.1 Å². The molecule has 0 aliphatic carbocycles. The summed E-state index contributed by atoms with van der Waals surface area (Å²) in [6.45, 7) is 4.38. The fraction of sp³-hybridized carbons (Fsp3) is 0.462. The summed E-state index contributed by atoms with van der Waals surface area (Å²) in [6, 6.07) is 6.39. The molecule has 1 fully saturated rings. The lowest BCUT2D eigenvalue weighted by Crippen LogP contribution is -2.47. The summed E-state index contributed by atoms with van der Waals surface area (Å²) >= 11 is 0. The second-order valence-corrected chi connectivity index (χ2v) is 6.80. The van der Waals surface area contributed by atoms with Gasteiger partial charge in [-0.05, 0) is 12.1 Å². The molecule has 0 bridgehead atoms. The van der Waals surface area contributed by atoms with E-state index in [1.54, 1.807) is 18.2 Å². The van der Waals surface area contributed by atoms with Crippen LogP contribution in [0.3, 0.4) is 0 Å². The maximum absolute atomic E-state index is 12.3. The minimum atomic E-state index is -3.65. The average Bonchev–Trinajstić information content (AvgIpc) is 2.66. The van der Waals surface area contributed by atoms with Gasteiger partial charge >= 0.3 is 0 Å². The Bertz CT molecular complexity index is 624. The number of nitrogens with one attached hydrogen (secondary N) is 1. The minimum Gasteiger partial charge on any atom is -0.314 e. The summed E-state index contributed by atoms with van der Waals surface area (Å²) < 4.78 is 25.7. The average molecular weight is 295 g/mol. The largest absolute Gasteiger partial charge is 0.314 e. The Morgan fingerprint density at radius 3 is 2.50 bits per heavy atom. The second kappa shape index (κ2) is 5.16. The van der Waals surface area contributed by atoms with Crippen molar-refractivity contribution in [1.82, 2.24) is 14.5 Å². The number of hydrogen-bond acceptors (Lipinski definition) is 5. The molecule has 3 rings (SSSR count). The maximum Gasteiger partial charge on any atom is 0.269 e. The summed E-state index contributed by atoms with van der Waals surface area (Å²) in [7, 11) is -3.65. The highest BCUT2D eigenvalue weighted by Crippen LogP contribution is 2.29. The fourth-order valence-electron chi connectivity index (χ4n) is 2.62. The van der Waals surface area contributed by atoms with Crippen LogP contribution in [0, 0.1) is 0 Å². The standard InChI is InChI=1S/C13H17N3O3S/c17-13-11-3-1-2-4-12(11)20(18,19)16(13)10-9-15-7-5-14-6-8-15/h1-4,14H,5-10H2. The van der Waals surface area contributed by atoms with Crippen LogP contribution in [0.5, 0.6) is 0 Å². The predicted octanol–water partition coefficient (Wildman–Crippen LogP) is -0.264. The maximum atomic E-state index is 12.3. The van der Waals surface area contributed by atoms with Crippen LogP contribution in [0.4, 0.5) is 0 Å². The van der Waals surface area contributed by atoms with Crippen LogP contribution < -0.4 is 5.32 Å². The summed E-state index contributed by atoms with van der Waals surface area (Å²) in [5, 5.41) is 3.24. The highest BCUT2D eigenvalue weighted by atomic mass is 32.2. The number of carbonyl (C=O) groups excluding carboxylic acids is 1. The van der Waals surface area contributed by atoms with E-state index in [2.05, 4.69) is 10.2 Å². The molecular weight excluding hydrogens is 278 g/mol. The van der Waals surface area contributed by atoms with Crippen LogP contribution in [0.1, 0.15) is 10.4 Å². The number of rotatable bonds is 3. The number of benzene rings is 1. The molecule has 2 heterocycles. The van der Waals surface area contributed by atoms with E-state index >= 15 is 0 Å². The zero-order chi connectivity index (χ0) is 14.2. The minimum absolute atomic E-state index is 0.130. The smallest absolute Gasteiger partial charge is 0.269 e. The number of fused-ring (bicyclic) bond motifs is 1. The molecule has 1 aromatic carbocycles. The Morgan fingerprint density at radius 2 is 1.80 bits per heavy atom. The summed E-state index contributed by atoms with van der Waals surface area (Å²) in [5.74, 6) is -0.407. The first kappa shape index (κ1) is 13.5. The van der Waals surface area contributed by atoms with Crippen molar-refractivity contribution in [1.29, 1.82) is 0 Å². The van der Waals surface area contributed by atoms with E-state index in [-0.39, 0.29) is 17.0 Å². The summed E-state index contributed by atoms with van der Waals surface area (Å²) in [6.07, 6.45) is 0. The van der Waals surface area contributed by atoms with Crippen LogP contribution in [0.15, 0.2) is 29.2 Å². The Labute approximate surface area is 118 Å². The molecule has 0 saturated carbocycles. The van der Waals surface area contributed by atoms with Gasteiger partial charge in [0.15, 0.2) is 0 Å². The van der Waals surface area contributed by atoms with Gasteiger partial charge in [0.1, 0.15) is 4.90 Å². The SMILES string of the molecule is O=C1c2ccccc2S(=O)(=O)N1CCN1CCNCC1. The quantitative estimate of drug-likeness (QED) is 0.832. The Morgan fingerprint density at radius 1 is 1.10 bits per heavy atom. The van der Waals surface area contributed by atoms with Gasteiger partial charge in [0.25, 0.3) is 15.9 Å². The van der Waals surface area contributed by atoms with Gasteiger partial charge in [-0.3, -0.25) is 9.69 Å². The molecule has 0 atom stereocenters. The third-order valence-corrected chi connectivity index (χ3v) is 5.58. The predicted molar refractivity (Wildman–Crippen MR) is 74.0 cm³/mol. The van der Waals surface area contributed by atoms with E-state index in [1.165, 1.54) is 6.07 Å². The van der Waals surface area contributed by atoms with E-state index in [9.17, 15) is 13.2 Å². The normalized spacial score (nSPS) is 22.0. The Hall–Kier alpha value is -1.44. The van der Waals surface area contributed by atoms with Crippen LogP contribution in [-0.2, 0) is 10.0 Å². The molecule has 108 valence electrons. The Kier molecular flexibility index (Phi) is 3.49. The van der Waals surface area contributed by atoms with Crippen molar-refractivity contribution in [3.63, 3.8) is 0 Å². The van der Waals surface area contributed by atoms with Crippen LogP contribution >= 0.6 is 0 Å². The highest BCUT2D eigenvalue weighted by Gasteiger charge is 2.40. The van der Waals surface area contributed by atoms with Crippen LogP contribution in [0.25, 0.3) is 0 Å². The number of hydrogen-bond donors (Lipinski definition) is 1. The molecule has 7 heteroatoms. The van der Waals surface area contributed by atoms with E-state index in [0.717, 1.165) is 30.5 Å². The van der Waals surface area contributed by atoms with Gasteiger partial charge < -0.3 is 5.32 Å². The molecule has 0 unspecified atom stereocenters. The van der Waals surface area contributed by atoms with Crippen molar-refractivity contribution < 1.29 is 13.2 Å². The van der Waals surface area contributed by atoms with E-state index in [0.29, 0.717) is 6.54 Å². The number of amides is 1. The summed E-state index contributed by atoms with van der Waals surface area (Å²) in [5.41, 5.74) is 0.285. The molecule has 1 N–H and O–H groups in total. The first-order valence-electron chi connectivity index (χ1n) is 6.70. The zero-order valence-corrected chi connectivity index (χ0v) is 11.9. The molecule has 1 amide bonds. The highest BCUT2D eigenvalue weighted by molar-refractivity contribution is 7.90. The van der Waals surface area contributed by atoms with Gasteiger partial charge in [-0.1, -0.05) is 12.1 Å². The topological polar surface area (TPSA) is 69.7 Å². The first-order chi connectivity index (χ1) is 9.60. The van der Waals surface area contributed by atoms with Crippen molar-refractivity contribution in [2.75, 3.05) is 39.3 Å². The molecule has 20 heavy (non-hydrogen) atoms. The summed E-state index contributed by atoms with van der Waals surface area (Å²) in [4.78, 5) is 14.5. The van der Waals surface area contributed by atoms with Crippen molar-refractivity contribution in [2.24, 2.45) is 0 Å². The molecule has 0 aromatic heterocycles. The monoisotopic (exact) mass is 295 g/mol. The molecule has 2 aliphatic heterocycles. The Balaban J connectivity index is 1.76. The van der Waals surface area contributed by atoms with Crippen LogP contribution in [-0.4, -0.2) is 62.8 Å². The first-order valence-corrected chi connectivity index (χ1v) is 8.14. The van der Waals surface area contributed by atoms with Gasteiger partial charge in [0.2, 0.25) is 0 Å². The van der Waals surface area contributed by atoms with Gasteiger partial charge in [-0.2, -0.15) is 0 Å². The van der Waals surface area contributed by atoms with Gasteiger partial charge in [-0.25, -0.2) is 12.7 Å². The molecule has 1 saturated heterocycles. The number of sulfonamides is 1. The van der Waals surface area contributed by atoms with E-state index in [4.69, 9.17) is 0 Å². The molecule has 6 nitrogen and oxygen atoms in total. The number of carbonyl (C=O) groups is 1. The van der Waals surface area contributed by atoms with Gasteiger partial charge in [0, 0.05) is 32.7 Å². The third-order valence-electron chi connectivity index (χ3n) is 3.74. The van der Waals surface area contributed by atoms with Crippen molar-refractivity contribution in [2.45, 2.75) is 4.90 Å². The molecule has 0 spiro atoms.